The molecule has 72 valence electrons. The Bertz CT molecular complexity index is 236. The molecule has 0 aliphatic carbocycles. The van der Waals surface area contributed by atoms with Gasteiger partial charge in [0.2, 0.25) is 0 Å². The van der Waals surface area contributed by atoms with Crippen molar-refractivity contribution in [2.75, 3.05) is 7.05 Å². The molecule has 0 saturated heterocycles. The molecule has 0 saturated carbocycles. The lowest BCUT2D eigenvalue weighted by atomic mass is 10.8. The van der Waals surface area contributed by atoms with Gasteiger partial charge in [0.25, 0.3) is 0 Å². The molecule has 7 nitrogen and oxygen atoms in total. The summed E-state index contributed by atoms with van der Waals surface area (Å²) in [5, 5.41) is 8.49. The van der Waals surface area contributed by atoms with Crippen LogP contribution >= 0.6 is 0 Å². The zero-order valence-electron chi connectivity index (χ0n) is 7.18. The number of rotatable bonds is 3. The highest BCUT2D eigenvalue weighted by atomic mass is 16.7. The molecule has 0 radical (unpaired) electrons. The molecule has 1 amide bonds. The molecular formula is C6H9N3O4. The summed E-state index contributed by atoms with van der Waals surface area (Å²) < 4.78 is 0. The molecule has 0 fully saturated rings. The van der Waals surface area contributed by atoms with E-state index in [2.05, 4.69) is 25.3 Å². The summed E-state index contributed by atoms with van der Waals surface area (Å²) in [7, 11) is 1.39. The Hall–Kier alpha value is -1.92. The van der Waals surface area contributed by atoms with E-state index >= 15 is 0 Å². The predicted molar refractivity (Wildman–Crippen MR) is 44.3 cm³/mol. The Kier molecular flexibility index (Phi) is 5.77. The van der Waals surface area contributed by atoms with Crippen LogP contribution in [0.25, 0.3) is 0 Å². The van der Waals surface area contributed by atoms with Crippen LogP contribution in [0, 0.1) is 0 Å². The minimum Gasteiger partial charge on any atom is -0.323 e. The van der Waals surface area contributed by atoms with E-state index in [4.69, 9.17) is 0 Å². The highest BCUT2D eigenvalue weighted by molar-refractivity contribution is 6.15. The van der Waals surface area contributed by atoms with Gasteiger partial charge in [-0.1, -0.05) is 10.3 Å². The van der Waals surface area contributed by atoms with Gasteiger partial charge in [-0.3, -0.25) is 4.84 Å². The SMILES string of the molecule is CNC(=O)ON=CC=NOC(C)=O. The minimum absolute atomic E-state index is 0.545. The summed E-state index contributed by atoms with van der Waals surface area (Å²) in [5.41, 5.74) is 0. The number of nitrogens with one attached hydrogen (secondary N) is 1. The summed E-state index contributed by atoms with van der Waals surface area (Å²) in [6.45, 7) is 1.20. The highest BCUT2D eigenvalue weighted by Gasteiger charge is 1.91. The van der Waals surface area contributed by atoms with Crippen LogP contribution in [0.15, 0.2) is 10.3 Å². The van der Waals surface area contributed by atoms with Crippen LogP contribution in [0.4, 0.5) is 4.79 Å². The number of oxime groups is 2. The molecule has 0 aromatic heterocycles. The van der Waals surface area contributed by atoms with Gasteiger partial charge in [-0.15, -0.1) is 0 Å². The van der Waals surface area contributed by atoms with Gasteiger partial charge in [0.15, 0.2) is 0 Å². The summed E-state index contributed by atoms with van der Waals surface area (Å²) in [4.78, 5) is 28.9. The Morgan fingerprint density at radius 1 is 1.23 bits per heavy atom. The number of carbonyl (C=O) groups is 2. The Labute approximate surface area is 74.4 Å². The fourth-order valence-electron chi connectivity index (χ4n) is 0.283. The van der Waals surface area contributed by atoms with Crippen molar-refractivity contribution in [3.63, 3.8) is 0 Å². The largest absolute Gasteiger partial charge is 0.433 e. The molecule has 0 atom stereocenters. The van der Waals surface area contributed by atoms with Crippen molar-refractivity contribution < 1.29 is 19.3 Å². The normalized spacial score (nSPS) is 10.3. The second-order valence-corrected chi connectivity index (χ2v) is 1.72. The van der Waals surface area contributed by atoms with E-state index in [1.165, 1.54) is 14.0 Å². The van der Waals surface area contributed by atoms with Crippen LogP contribution in [0.2, 0.25) is 0 Å². The number of hydrogen-bond donors (Lipinski definition) is 1. The van der Waals surface area contributed by atoms with Gasteiger partial charge in [0, 0.05) is 14.0 Å². The number of carbonyl (C=O) groups excluding carboxylic acids is 2. The fraction of sp³-hybridized carbons (Fsp3) is 0.333. The molecule has 7 heteroatoms. The van der Waals surface area contributed by atoms with E-state index in [0.717, 1.165) is 12.4 Å². The van der Waals surface area contributed by atoms with Crippen LogP contribution in [0.1, 0.15) is 6.92 Å². The molecule has 0 unspecified atom stereocenters. The van der Waals surface area contributed by atoms with E-state index in [9.17, 15) is 9.59 Å². The molecule has 0 aromatic carbocycles. The molecule has 0 bridgehead atoms. The molecular weight excluding hydrogens is 178 g/mol. The fourth-order valence-corrected chi connectivity index (χ4v) is 0.283. The van der Waals surface area contributed by atoms with Gasteiger partial charge in [0.1, 0.15) is 0 Å². The van der Waals surface area contributed by atoms with Crippen molar-refractivity contribution in [1.82, 2.24) is 5.32 Å². The van der Waals surface area contributed by atoms with Crippen LogP contribution in [-0.4, -0.2) is 31.5 Å². The third-order valence-electron chi connectivity index (χ3n) is 0.709. The first kappa shape index (κ1) is 11.1. The third kappa shape index (κ3) is 7.98. The van der Waals surface area contributed by atoms with Crippen molar-refractivity contribution in [2.24, 2.45) is 10.3 Å². The van der Waals surface area contributed by atoms with Crippen molar-refractivity contribution in [1.29, 1.82) is 0 Å². The van der Waals surface area contributed by atoms with Gasteiger partial charge in [-0.2, -0.15) is 0 Å². The highest BCUT2D eigenvalue weighted by Crippen LogP contribution is 1.76. The third-order valence-corrected chi connectivity index (χ3v) is 0.709. The predicted octanol–water partition coefficient (Wildman–Crippen LogP) is -0.123. The van der Waals surface area contributed by atoms with E-state index in [-0.39, 0.29) is 0 Å². The maximum Gasteiger partial charge on any atom is 0.433 e. The van der Waals surface area contributed by atoms with Crippen molar-refractivity contribution >= 4 is 24.5 Å². The Morgan fingerprint density at radius 2 is 1.77 bits per heavy atom. The average Bonchev–Trinajstić information content (AvgIpc) is 2.10. The first-order chi connectivity index (χ1) is 6.16. The minimum atomic E-state index is -0.697. The Morgan fingerprint density at radius 3 is 2.23 bits per heavy atom. The van der Waals surface area contributed by atoms with E-state index in [1.807, 2.05) is 0 Å². The number of amides is 1. The first-order valence-corrected chi connectivity index (χ1v) is 3.28. The van der Waals surface area contributed by atoms with Crippen LogP contribution < -0.4 is 5.32 Å². The second kappa shape index (κ2) is 6.77. The van der Waals surface area contributed by atoms with Gasteiger partial charge in [-0.25, -0.2) is 9.59 Å². The lowest BCUT2D eigenvalue weighted by Gasteiger charge is -1.91. The summed E-state index contributed by atoms with van der Waals surface area (Å²) >= 11 is 0. The average molecular weight is 187 g/mol. The molecule has 0 heterocycles. The van der Waals surface area contributed by atoms with Crippen LogP contribution in [0.3, 0.4) is 0 Å². The summed E-state index contributed by atoms with van der Waals surface area (Å²) in [6.07, 6.45) is 1.42. The lowest BCUT2D eigenvalue weighted by molar-refractivity contribution is -0.140. The summed E-state index contributed by atoms with van der Waals surface area (Å²) in [6, 6.07) is 0. The topological polar surface area (TPSA) is 89.3 Å². The maximum absolute atomic E-state index is 10.4. The van der Waals surface area contributed by atoms with E-state index in [1.54, 1.807) is 0 Å². The molecule has 0 aliphatic rings. The molecule has 13 heavy (non-hydrogen) atoms. The molecule has 0 spiro atoms. The van der Waals surface area contributed by atoms with Gasteiger partial charge in [0.05, 0.1) is 12.4 Å². The van der Waals surface area contributed by atoms with Gasteiger partial charge < -0.3 is 10.2 Å². The second-order valence-electron chi connectivity index (χ2n) is 1.72. The molecule has 0 aliphatic heterocycles. The standard InChI is InChI=1S/C6H9N3O4/c1-5(10)12-8-3-4-9-13-6(11)7-2/h3-4H,1-2H3,(H,7,11). The van der Waals surface area contributed by atoms with Crippen LogP contribution in [-0.2, 0) is 14.5 Å². The van der Waals surface area contributed by atoms with Crippen molar-refractivity contribution in [2.45, 2.75) is 6.92 Å². The van der Waals surface area contributed by atoms with Crippen molar-refractivity contribution in [3.05, 3.63) is 0 Å². The van der Waals surface area contributed by atoms with Crippen molar-refractivity contribution in [3.8, 4) is 0 Å². The van der Waals surface area contributed by atoms with E-state index < -0.39 is 12.1 Å². The number of hydrogen-bond acceptors (Lipinski definition) is 6. The number of nitrogens with zero attached hydrogens (tertiary/aromatic N) is 2. The van der Waals surface area contributed by atoms with Gasteiger partial charge >= 0.3 is 12.1 Å². The zero-order chi connectivity index (χ0) is 10.1. The van der Waals surface area contributed by atoms with Crippen LogP contribution in [0.5, 0.6) is 0 Å². The summed E-state index contributed by atoms with van der Waals surface area (Å²) in [5.74, 6) is -0.545. The Balaban J connectivity index is 3.57. The maximum atomic E-state index is 10.4. The quantitative estimate of drug-likeness (QED) is 0.379. The smallest absolute Gasteiger partial charge is 0.323 e. The lowest BCUT2D eigenvalue weighted by Crippen LogP contribution is -2.16. The van der Waals surface area contributed by atoms with E-state index in [0.29, 0.717) is 0 Å². The zero-order valence-corrected chi connectivity index (χ0v) is 7.18. The van der Waals surface area contributed by atoms with Gasteiger partial charge in [-0.05, 0) is 0 Å². The monoisotopic (exact) mass is 187 g/mol. The molecule has 0 aromatic rings. The molecule has 0 rings (SSSR count). The first-order valence-electron chi connectivity index (χ1n) is 3.28. The molecule has 1 N–H and O–H groups in total.